The van der Waals surface area contributed by atoms with Crippen LogP contribution in [0.2, 0.25) is 0 Å². The van der Waals surface area contributed by atoms with Gasteiger partial charge in [-0.2, -0.15) is 13.2 Å². The first-order chi connectivity index (χ1) is 19.3. The Hall–Kier alpha value is -3.81. The van der Waals surface area contributed by atoms with Gasteiger partial charge in [-0.15, -0.1) is 0 Å². The van der Waals surface area contributed by atoms with E-state index in [2.05, 4.69) is 28.5 Å². The molecule has 1 fully saturated rings. The number of rotatable bonds is 9. The quantitative estimate of drug-likeness (QED) is 0.312. The summed E-state index contributed by atoms with van der Waals surface area (Å²) in [4.78, 5) is 28.4. The zero-order chi connectivity index (χ0) is 28.3. The number of hydrogen-bond acceptors (Lipinski definition) is 3. The van der Waals surface area contributed by atoms with Crippen molar-refractivity contribution in [2.45, 2.75) is 57.2 Å². The smallest absolute Gasteiger partial charge is 0.369 e. The summed E-state index contributed by atoms with van der Waals surface area (Å²) in [6, 6.07) is 20.7. The van der Waals surface area contributed by atoms with Crippen molar-refractivity contribution < 1.29 is 22.8 Å². The highest BCUT2D eigenvalue weighted by Gasteiger charge is 2.39. The molecule has 2 atom stereocenters. The minimum absolute atomic E-state index is 0.0347. The van der Waals surface area contributed by atoms with Gasteiger partial charge in [0, 0.05) is 30.4 Å². The fraction of sp³-hybridized carbons (Fsp3) is 0.375. The van der Waals surface area contributed by atoms with E-state index in [9.17, 15) is 22.8 Å². The molecular formula is C32H34F3N3O2. The first kappa shape index (κ1) is 27.7. The van der Waals surface area contributed by atoms with Gasteiger partial charge in [0.15, 0.2) is 0 Å². The Bertz CT molecular complexity index is 1370. The van der Waals surface area contributed by atoms with E-state index in [1.807, 2.05) is 48.5 Å². The zero-order valence-corrected chi connectivity index (χ0v) is 22.6. The highest BCUT2D eigenvalue weighted by Crippen LogP contribution is 2.49. The molecule has 3 aromatic carbocycles. The number of anilines is 1. The van der Waals surface area contributed by atoms with Crippen LogP contribution in [0, 0.1) is 0 Å². The monoisotopic (exact) mass is 549 g/mol. The number of halogens is 3. The summed E-state index contributed by atoms with van der Waals surface area (Å²) in [6.07, 6.45) is -0.0405. The van der Waals surface area contributed by atoms with E-state index < -0.39 is 24.5 Å². The Morgan fingerprint density at radius 2 is 1.70 bits per heavy atom. The number of unbranched alkanes of at least 4 members (excludes halogenated alkanes) is 2. The van der Waals surface area contributed by atoms with Gasteiger partial charge < -0.3 is 15.5 Å². The van der Waals surface area contributed by atoms with Crippen molar-refractivity contribution in [1.29, 1.82) is 0 Å². The van der Waals surface area contributed by atoms with E-state index in [4.69, 9.17) is 0 Å². The van der Waals surface area contributed by atoms with Crippen LogP contribution in [-0.4, -0.2) is 43.7 Å². The van der Waals surface area contributed by atoms with Gasteiger partial charge >= 0.3 is 6.18 Å². The van der Waals surface area contributed by atoms with Gasteiger partial charge in [-0.25, -0.2) is 0 Å². The molecule has 8 heteroatoms. The maximum atomic E-state index is 13.4. The van der Waals surface area contributed by atoms with Crippen molar-refractivity contribution in [2.24, 2.45) is 0 Å². The third-order valence-electron chi connectivity index (χ3n) is 7.84. The van der Waals surface area contributed by atoms with Crippen LogP contribution in [0.4, 0.5) is 18.9 Å². The van der Waals surface area contributed by atoms with Gasteiger partial charge in [-0.3, -0.25) is 9.59 Å². The topological polar surface area (TPSA) is 61.4 Å². The van der Waals surface area contributed by atoms with Gasteiger partial charge in [-0.1, -0.05) is 68.3 Å². The Labute approximate surface area is 232 Å². The van der Waals surface area contributed by atoms with Crippen LogP contribution in [0.5, 0.6) is 0 Å². The molecule has 2 unspecified atom stereocenters. The van der Waals surface area contributed by atoms with Crippen LogP contribution in [0.25, 0.3) is 11.1 Å². The highest BCUT2D eigenvalue weighted by atomic mass is 19.4. The summed E-state index contributed by atoms with van der Waals surface area (Å²) in [5.41, 5.74) is 5.97. The lowest BCUT2D eigenvalue weighted by Gasteiger charge is -2.26. The molecule has 1 aliphatic heterocycles. The van der Waals surface area contributed by atoms with Crippen LogP contribution < -0.4 is 15.5 Å². The summed E-state index contributed by atoms with van der Waals surface area (Å²) < 4.78 is 39.1. The van der Waals surface area contributed by atoms with E-state index in [0.717, 1.165) is 72.2 Å². The first-order valence-corrected chi connectivity index (χ1v) is 14.0. The second kappa shape index (κ2) is 11.7. The van der Waals surface area contributed by atoms with E-state index >= 15 is 0 Å². The van der Waals surface area contributed by atoms with Gasteiger partial charge in [0.1, 0.15) is 6.54 Å². The lowest BCUT2D eigenvalue weighted by atomic mass is 9.88. The van der Waals surface area contributed by atoms with Crippen molar-refractivity contribution >= 4 is 17.5 Å². The first-order valence-electron chi connectivity index (χ1n) is 14.0. The zero-order valence-electron chi connectivity index (χ0n) is 22.6. The molecule has 1 heterocycles. The predicted molar refractivity (Wildman–Crippen MR) is 151 cm³/mol. The maximum absolute atomic E-state index is 13.4. The number of nitrogens with zero attached hydrogens (tertiary/aromatic N) is 1. The summed E-state index contributed by atoms with van der Waals surface area (Å²) in [5.74, 6) is -1.55. The lowest BCUT2D eigenvalue weighted by molar-refractivity contribution is -0.138. The SMILES string of the molecule is CCCCCc1c(N2CCC(NC(=O)c3ccccc3)C2)ccc2c1C(C(=O)NCC(F)(F)F)c1ccccc1-2. The molecule has 0 aromatic heterocycles. The number of fused-ring (bicyclic) bond motifs is 3. The Morgan fingerprint density at radius 3 is 2.45 bits per heavy atom. The fourth-order valence-electron chi connectivity index (χ4n) is 5.99. The third kappa shape index (κ3) is 5.86. The predicted octanol–water partition coefficient (Wildman–Crippen LogP) is 6.22. The number of alkyl halides is 3. The van der Waals surface area contributed by atoms with Crippen LogP contribution in [0.1, 0.15) is 65.6 Å². The highest BCUT2D eigenvalue weighted by molar-refractivity contribution is 5.98. The molecular weight excluding hydrogens is 515 g/mol. The average molecular weight is 550 g/mol. The normalized spacial score (nSPS) is 17.9. The standard InChI is InChI=1S/C32H34F3N3O2/c1-2-3-5-14-26-27(38-18-17-22(19-38)37-30(39)21-10-6-4-7-11-21)16-15-25-23-12-8-9-13-24(23)29(28(25)26)31(40)36-20-32(33,34)35/h4,6-13,15-16,22,29H,2-3,5,14,17-20H2,1H3,(H,36,40)(H,37,39). The molecule has 2 amide bonds. The Balaban J connectivity index is 1.47. The van der Waals surface area contributed by atoms with E-state index in [0.29, 0.717) is 12.1 Å². The third-order valence-corrected chi connectivity index (χ3v) is 7.84. The number of carbonyl (C=O) groups excluding carboxylic acids is 2. The summed E-state index contributed by atoms with van der Waals surface area (Å²) in [5, 5.41) is 5.29. The molecule has 0 saturated carbocycles. The molecule has 5 rings (SSSR count). The largest absolute Gasteiger partial charge is 0.405 e. The lowest BCUT2D eigenvalue weighted by Crippen LogP contribution is -2.37. The van der Waals surface area contributed by atoms with Gasteiger partial charge in [0.05, 0.1) is 5.92 Å². The van der Waals surface area contributed by atoms with Gasteiger partial charge in [0.25, 0.3) is 5.91 Å². The second-order valence-electron chi connectivity index (χ2n) is 10.6. The van der Waals surface area contributed by atoms with E-state index in [1.54, 1.807) is 12.1 Å². The molecule has 0 spiro atoms. The molecule has 1 aliphatic carbocycles. The van der Waals surface area contributed by atoms with Crippen LogP contribution >= 0.6 is 0 Å². The Morgan fingerprint density at radius 1 is 0.950 bits per heavy atom. The molecule has 40 heavy (non-hydrogen) atoms. The average Bonchev–Trinajstić information content (AvgIpc) is 3.54. The van der Waals surface area contributed by atoms with E-state index in [-0.39, 0.29) is 11.9 Å². The molecule has 2 N–H and O–H groups in total. The molecule has 210 valence electrons. The minimum Gasteiger partial charge on any atom is -0.369 e. The second-order valence-corrected chi connectivity index (χ2v) is 10.6. The minimum atomic E-state index is -4.49. The molecule has 1 saturated heterocycles. The van der Waals surface area contributed by atoms with E-state index in [1.165, 1.54) is 0 Å². The van der Waals surface area contributed by atoms with Crippen LogP contribution in [0.15, 0.2) is 66.7 Å². The molecule has 5 nitrogen and oxygen atoms in total. The van der Waals surface area contributed by atoms with Crippen molar-refractivity contribution in [1.82, 2.24) is 10.6 Å². The van der Waals surface area contributed by atoms with Crippen LogP contribution in [0.3, 0.4) is 0 Å². The molecule has 3 aromatic rings. The van der Waals surface area contributed by atoms with Gasteiger partial charge in [-0.05, 0) is 65.3 Å². The number of nitrogens with one attached hydrogen (secondary N) is 2. The van der Waals surface area contributed by atoms with Crippen molar-refractivity contribution in [3.63, 3.8) is 0 Å². The number of amides is 2. The van der Waals surface area contributed by atoms with Gasteiger partial charge in [0.2, 0.25) is 5.91 Å². The molecule has 0 radical (unpaired) electrons. The van der Waals surface area contributed by atoms with Crippen molar-refractivity contribution in [3.05, 3.63) is 89.0 Å². The number of benzene rings is 3. The fourth-order valence-corrected chi connectivity index (χ4v) is 5.99. The van der Waals surface area contributed by atoms with Crippen LogP contribution in [-0.2, 0) is 11.2 Å². The molecule has 2 aliphatic rings. The molecule has 0 bridgehead atoms. The maximum Gasteiger partial charge on any atom is 0.405 e. The summed E-state index contributed by atoms with van der Waals surface area (Å²) >= 11 is 0. The van der Waals surface area contributed by atoms with Crippen molar-refractivity contribution in [2.75, 3.05) is 24.5 Å². The summed E-state index contributed by atoms with van der Waals surface area (Å²) in [6.45, 7) is 2.12. The number of carbonyl (C=O) groups is 2. The van der Waals surface area contributed by atoms with Crippen molar-refractivity contribution in [3.8, 4) is 11.1 Å². The summed E-state index contributed by atoms with van der Waals surface area (Å²) in [7, 11) is 0. The Kier molecular flexibility index (Phi) is 8.14. The number of hydrogen-bond donors (Lipinski definition) is 2.